The van der Waals surface area contributed by atoms with Crippen LogP contribution in [0.1, 0.15) is 22.5 Å². The summed E-state index contributed by atoms with van der Waals surface area (Å²) in [5.41, 5.74) is 7.89. The van der Waals surface area contributed by atoms with Gasteiger partial charge >= 0.3 is 0 Å². The molecule has 0 bridgehead atoms. The fourth-order valence-corrected chi connectivity index (χ4v) is 3.54. The number of nitrogens with one attached hydrogen (secondary N) is 1. The molecule has 1 N–H and O–H groups in total. The molecule has 118 valence electrons. The summed E-state index contributed by atoms with van der Waals surface area (Å²) >= 11 is 0. The molecule has 1 aromatic heterocycles. The minimum Gasteiger partial charge on any atom is -0.362 e. The average Bonchev–Trinajstić information content (AvgIpc) is 3.23. The van der Waals surface area contributed by atoms with Gasteiger partial charge in [0.1, 0.15) is 0 Å². The zero-order chi connectivity index (χ0) is 16.4. The predicted octanol–water partition coefficient (Wildman–Crippen LogP) is 5.66. The molecular weight excluding hydrogens is 290 g/mol. The normalized spacial score (nSPS) is 16.8. The first kappa shape index (κ1) is 14.8. The van der Waals surface area contributed by atoms with E-state index in [1.54, 1.807) is 0 Å². The summed E-state index contributed by atoms with van der Waals surface area (Å²) in [6.45, 7) is 2.11. The summed E-state index contributed by atoms with van der Waals surface area (Å²) in [6, 6.07) is 25.8. The largest absolute Gasteiger partial charge is 0.362 e. The van der Waals surface area contributed by atoms with Gasteiger partial charge in [0.25, 0.3) is 0 Å². The van der Waals surface area contributed by atoms with E-state index in [0.29, 0.717) is 5.92 Å². The molecular formula is C23H21N. The van der Waals surface area contributed by atoms with E-state index in [1.165, 1.54) is 33.7 Å². The second-order valence-corrected chi connectivity index (χ2v) is 6.40. The first-order chi connectivity index (χ1) is 11.8. The number of H-pyrrole nitrogens is 1. The number of allylic oxidation sites excluding steroid dienone is 4. The van der Waals surface area contributed by atoms with Crippen LogP contribution in [0.3, 0.4) is 0 Å². The monoisotopic (exact) mass is 311 g/mol. The van der Waals surface area contributed by atoms with Crippen LogP contribution in [-0.2, 0) is 6.42 Å². The Kier molecular flexibility index (Phi) is 3.92. The van der Waals surface area contributed by atoms with Crippen molar-refractivity contribution in [1.29, 1.82) is 0 Å². The van der Waals surface area contributed by atoms with E-state index >= 15 is 0 Å². The Morgan fingerprint density at radius 2 is 1.46 bits per heavy atom. The van der Waals surface area contributed by atoms with Crippen molar-refractivity contribution >= 4 is 11.1 Å². The molecule has 24 heavy (non-hydrogen) atoms. The number of benzene rings is 2. The highest BCUT2D eigenvalue weighted by atomic mass is 14.7. The summed E-state index contributed by atoms with van der Waals surface area (Å²) in [4.78, 5) is 3.47. The van der Waals surface area contributed by atoms with E-state index in [2.05, 4.69) is 96.9 Å². The summed E-state index contributed by atoms with van der Waals surface area (Å²) in [5, 5.41) is 0. The fraction of sp³-hybridized carbons (Fsp3) is 0.130. The average molecular weight is 311 g/mol. The van der Waals surface area contributed by atoms with Crippen LogP contribution in [0.5, 0.6) is 0 Å². The van der Waals surface area contributed by atoms with Crippen molar-refractivity contribution in [3.05, 3.63) is 107 Å². The molecule has 1 unspecified atom stereocenters. The van der Waals surface area contributed by atoms with Gasteiger partial charge in [-0.15, -0.1) is 0 Å². The Balaban J connectivity index is 1.77. The molecule has 0 fully saturated rings. The van der Waals surface area contributed by atoms with Gasteiger partial charge < -0.3 is 4.98 Å². The second-order valence-electron chi connectivity index (χ2n) is 6.40. The summed E-state index contributed by atoms with van der Waals surface area (Å²) < 4.78 is 0. The van der Waals surface area contributed by atoms with Gasteiger partial charge in [0.15, 0.2) is 0 Å². The van der Waals surface area contributed by atoms with E-state index in [0.717, 1.165) is 6.42 Å². The van der Waals surface area contributed by atoms with Gasteiger partial charge in [-0.3, -0.25) is 0 Å². The highest BCUT2D eigenvalue weighted by Crippen LogP contribution is 2.40. The molecule has 2 aromatic carbocycles. The van der Waals surface area contributed by atoms with Crippen LogP contribution < -0.4 is 0 Å². The van der Waals surface area contributed by atoms with Gasteiger partial charge in [0.05, 0.1) is 0 Å². The molecule has 1 nitrogen and oxygen atoms in total. The van der Waals surface area contributed by atoms with Gasteiger partial charge in [-0.1, -0.05) is 72.8 Å². The van der Waals surface area contributed by atoms with Crippen molar-refractivity contribution in [3.63, 3.8) is 0 Å². The molecule has 0 saturated carbocycles. The molecule has 0 radical (unpaired) electrons. The molecule has 1 aliphatic carbocycles. The molecule has 1 atom stereocenters. The van der Waals surface area contributed by atoms with Crippen molar-refractivity contribution in [1.82, 2.24) is 4.98 Å². The molecule has 4 rings (SSSR count). The number of rotatable bonds is 4. The molecule has 0 amide bonds. The Morgan fingerprint density at radius 3 is 2.08 bits per heavy atom. The highest BCUT2D eigenvalue weighted by Gasteiger charge is 2.23. The smallest absolute Gasteiger partial charge is 0.0158 e. The minimum absolute atomic E-state index is 0.403. The third-order valence-electron chi connectivity index (χ3n) is 4.66. The molecule has 1 heteroatoms. The third-order valence-corrected chi connectivity index (χ3v) is 4.66. The van der Waals surface area contributed by atoms with Crippen LogP contribution in [0.4, 0.5) is 0 Å². The maximum Gasteiger partial charge on any atom is 0.0158 e. The van der Waals surface area contributed by atoms with Crippen LogP contribution in [0.2, 0.25) is 0 Å². The van der Waals surface area contributed by atoms with Crippen LogP contribution >= 0.6 is 0 Å². The first-order valence-electron chi connectivity index (χ1n) is 8.49. The molecule has 0 spiro atoms. The predicted molar refractivity (Wildman–Crippen MR) is 102 cm³/mol. The SMILES string of the molecule is Cc1ccc(CC2C=CC(c3ccccc3)=C2c2ccccc2)[nH]1. The van der Waals surface area contributed by atoms with Crippen LogP contribution in [0.15, 0.2) is 84.9 Å². The van der Waals surface area contributed by atoms with E-state index in [-0.39, 0.29) is 0 Å². The van der Waals surface area contributed by atoms with Gasteiger partial charge in [-0.05, 0) is 47.8 Å². The van der Waals surface area contributed by atoms with Gasteiger partial charge in [-0.2, -0.15) is 0 Å². The molecule has 0 aliphatic heterocycles. The third kappa shape index (κ3) is 2.85. The Labute approximate surface area is 143 Å². The molecule has 0 saturated heterocycles. The number of aryl methyl sites for hydroxylation is 1. The molecule has 1 heterocycles. The number of hydrogen-bond acceptors (Lipinski definition) is 0. The Morgan fingerprint density at radius 1 is 0.792 bits per heavy atom. The second kappa shape index (κ2) is 6.37. The first-order valence-corrected chi connectivity index (χ1v) is 8.49. The zero-order valence-electron chi connectivity index (χ0n) is 13.9. The fourth-order valence-electron chi connectivity index (χ4n) is 3.54. The summed E-state index contributed by atoms with van der Waals surface area (Å²) in [6.07, 6.45) is 5.64. The molecule has 1 aliphatic rings. The zero-order valence-corrected chi connectivity index (χ0v) is 13.9. The van der Waals surface area contributed by atoms with Gasteiger partial charge in [0.2, 0.25) is 0 Å². The van der Waals surface area contributed by atoms with E-state index in [9.17, 15) is 0 Å². The minimum atomic E-state index is 0.403. The van der Waals surface area contributed by atoms with Gasteiger partial charge in [-0.25, -0.2) is 0 Å². The highest BCUT2D eigenvalue weighted by molar-refractivity contribution is 5.99. The van der Waals surface area contributed by atoms with Crippen molar-refractivity contribution in [2.24, 2.45) is 5.92 Å². The lowest BCUT2D eigenvalue weighted by atomic mass is 9.88. The summed E-state index contributed by atoms with van der Waals surface area (Å²) in [5.74, 6) is 0.403. The van der Waals surface area contributed by atoms with E-state index < -0.39 is 0 Å². The summed E-state index contributed by atoms with van der Waals surface area (Å²) in [7, 11) is 0. The lowest BCUT2D eigenvalue weighted by molar-refractivity contribution is 0.811. The van der Waals surface area contributed by atoms with E-state index in [4.69, 9.17) is 0 Å². The molecule has 3 aromatic rings. The van der Waals surface area contributed by atoms with Crippen LogP contribution in [0, 0.1) is 12.8 Å². The van der Waals surface area contributed by atoms with Gasteiger partial charge in [0, 0.05) is 17.3 Å². The lowest BCUT2D eigenvalue weighted by Crippen LogP contribution is -2.03. The van der Waals surface area contributed by atoms with Crippen LogP contribution in [0.25, 0.3) is 11.1 Å². The quantitative estimate of drug-likeness (QED) is 0.639. The van der Waals surface area contributed by atoms with Crippen molar-refractivity contribution in [3.8, 4) is 0 Å². The van der Waals surface area contributed by atoms with Crippen LogP contribution in [-0.4, -0.2) is 4.98 Å². The maximum absolute atomic E-state index is 3.47. The Hall–Kier alpha value is -2.80. The number of aromatic nitrogens is 1. The van der Waals surface area contributed by atoms with Crippen molar-refractivity contribution in [2.75, 3.05) is 0 Å². The van der Waals surface area contributed by atoms with Crippen molar-refractivity contribution in [2.45, 2.75) is 13.3 Å². The number of hydrogen-bond donors (Lipinski definition) is 1. The standard InChI is InChI=1S/C23H21N/c1-17-12-14-21(24-17)16-20-13-15-22(18-8-4-2-5-9-18)23(20)19-10-6-3-7-11-19/h2-15,20,24H,16H2,1H3. The number of aromatic amines is 1. The lowest BCUT2D eigenvalue weighted by Gasteiger charge is -2.16. The van der Waals surface area contributed by atoms with E-state index in [1.807, 2.05) is 0 Å². The topological polar surface area (TPSA) is 15.8 Å². The van der Waals surface area contributed by atoms with Crippen molar-refractivity contribution < 1.29 is 0 Å². The Bertz CT molecular complexity index is 882. The maximum atomic E-state index is 3.47.